The molecule has 0 aliphatic rings. The van der Waals surface area contributed by atoms with E-state index in [1.54, 1.807) is 19.1 Å². The first kappa shape index (κ1) is 20.5. The third kappa shape index (κ3) is 6.11. The Morgan fingerprint density at radius 3 is 2.41 bits per heavy atom. The molecular weight excluding hydrogens is 346 g/mol. The van der Waals surface area contributed by atoms with Crippen molar-refractivity contribution in [1.29, 1.82) is 0 Å². The number of carbonyl (C=O) groups excluding carboxylic acids is 1. The van der Waals surface area contributed by atoms with Crippen molar-refractivity contribution in [2.45, 2.75) is 20.1 Å². The van der Waals surface area contributed by atoms with E-state index in [1.165, 1.54) is 7.11 Å². The third-order valence-electron chi connectivity index (χ3n) is 4.19. The van der Waals surface area contributed by atoms with Gasteiger partial charge in [0.2, 0.25) is 0 Å². The summed E-state index contributed by atoms with van der Waals surface area (Å²) in [6.07, 6.45) is 0. The average Bonchev–Trinajstić information content (AvgIpc) is 2.67. The molecule has 1 unspecified atom stereocenters. The van der Waals surface area contributed by atoms with Gasteiger partial charge in [0.15, 0.2) is 0 Å². The van der Waals surface area contributed by atoms with Gasteiger partial charge in [-0.05, 0) is 30.8 Å². The maximum absolute atomic E-state index is 11.5. The molecule has 0 heterocycles. The van der Waals surface area contributed by atoms with E-state index in [2.05, 4.69) is 4.74 Å². The third-order valence-corrected chi connectivity index (χ3v) is 4.19. The Labute approximate surface area is 159 Å². The maximum atomic E-state index is 11.5. The fourth-order valence-electron chi connectivity index (χ4n) is 2.69. The number of hydrogen-bond acceptors (Lipinski definition) is 5. The fourth-order valence-corrected chi connectivity index (χ4v) is 2.69. The first-order valence-corrected chi connectivity index (χ1v) is 8.70. The van der Waals surface area contributed by atoms with E-state index in [4.69, 9.17) is 9.84 Å². The van der Waals surface area contributed by atoms with E-state index >= 15 is 0 Å². The molecule has 0 aromatic heterocycles. The van der Waals surface area contributed by atoms with Crippen LogP contribution in [0.1, 0.15) is 28.4 Å². The second-order valence-corrected chi connectivity index (χ2v) is 6.52. The van der Waals surface area contributed by atoms with Gasteiger partial charge in [0.1, 0.15) is 12.4 Å². The van der Waals surface area contributed by atoms with Crippen LogP contribution in [-0.4, -0.2) is 42.6 Å². The van der Waals surface area contributed by atoms with Crippen LogP contribution >= 0.6 is 0 Å². The number of ether oxygens (including phenoxy) is 2. The van der Waals surface area contributed by atoms with Crippen molar-refractivity contribution >= 4 is 11.9 Å². The minimum Gasteiger partial charge on any atom is -0.489 e. The van der Waals surface area contributed by atoms with E-state index in [1.807, 2.05) is 48.3 Å². The quantitative estimate of drug-likeness (QED) is 0.682. The number of methoxy groups -OCH3 is 1. The molecule has 1 N–H and O–H groups in total. The molecule has 144 valence electrons. The Hall–Kier alpha value is -2.86. The summed E-state index contributed by atoms with van der Waals surface area (Å²) in [5.41, 5.74) is 2.42. The number of hydrogen-bond donors (Lipinski definition) is 1. The zero-order valence-corrected chi connectivity index (χ0v) is 15.8. The van der Waals surface area contributed by atoms with Crippen molar-refractivity contribution in [1.82, 2.24) is 4.90 Å². The molecule has 6 heteroatoms. The predicted molar refractivity (Wildman–Crippen MR) is 102 cm³/mol. The zero-order valence-electron chi connectivity index (χ0n) is 15.8. The summed E-state index contributed by atoms with van der Waals surface area (Å²) in [5.74, 6) is -0.853. The molecule has 0 bridgehead atoms. The highest BCUT2D eigenvalue weighted by Crippen LogP contribution is 2.21. The molecule has 1 atom stereocenters. The molecule has 6 nitrogen and oxygen atoms in total. The molecule has 0 saturated carbocycles. The molecule has 0 aliphatic carbocycles. The summed E-state index contributed by atoms with van der Waals surface area (Å²) < 4.78 is 10.6. The molecule has 0 radical (unpaired) electrons. The van der Waals surface area contributed by atoms with Crippen molar-refractivity contribution in [3.63, 3.8) is 0 Å². The summed E-state index contributed by atoms with van der Waals surface area (Å²) in [6.45, 7) is 3.11. The topological polar surface area (TPSA) is 76.1 Å². The van der Waals surface area contributed by atoms with Gasteiger partial charge >= 0.3 is 11.9 Å². The Kier molecular flexibility index (Phi) is 7.37. The number of rotatable bonds is 9. The van der Waals surface area contributed by atoms with Crippen LogP contribution in [0.4, 0.5) is 0 Å². The number of carboxylic acids is 1. The van der Waals surface area contributed by atoms with E-state index < -0.39 is 11.9 Å². The number of esters is 1. The molecule has 0 amide bonds. The van der Waals surface area contributed by atoms with E-state index in [0.29, 0.717) is 25.3 Å². The van der Waals surface area contributed by atoms with Crippen LogP contribution in [0.2, 0.25) is 0 Å². The van der Waals surface area contributed by atoms with Gasteiger partial charge in [0.05, 0.1) is 18.6 Å². The number of nitrogens with zero attached hydrogens (tertiary/aromatic N) is 1. The number of carboxylic acid groups (broad SMARTS) is 1. The Morgan fingerprint density at radius 2 is 1.78 bits per heavy atom. The van der Waals surface area contributed by atoms with E-state index in [9.17, 15) is 9.59 Å². The van der Waals surface area contributed by atoms with E-state index in [-0.39, 0.29) is 5.97 Å². The molecule has 2 rings (SSSR count). The maximum Gasteiger partial charge on any atom is 0.337 e. The first-order valence-electron chi connectivity index (χ1n) is 8.70. The van der Waals surface area contributed by atoms with Crippen LogP contribution in [-0.2, 0) is 22.7 Å². The summed E-state index contributed by atoms with van der Waals surface area (Å²) in [5, 5.41) is 9.05. The lowest BCUT2D eigenvalue weighted by Gasteiger charge is -2.20. The van der Waals surface area contributed by atoms with Crippen LogP contribution in [0.15, 0.2) is 48.5 Å². The minimum atomic E-state index is -0.804. The highest BCUT2D eigenvalue weighted by atomic mass is 16.5. The van der Waals surface area contributed by atoms with Gasteiger partial charge in [-0.1, -0.05) is 37.3 Å². The van der Waals surface area contributed by atoms with Gasteiger partial charge in [-0.25, -0.2) is 4.79 Å². The second-order valence-electron chi connectivity index (χ2n) is 6.52. The van der Waals surface area contributed by atoms with Crippen LogP contribution in [0, 0.1) is 5.92 Å². The SMILES string of the molecule is COC(=O)c1ccc(COc2ccccc2CN(C)CC(C)C(=O)O)cc1. The van der Waals surface area contributed by atoms with Crippen LogP contribution in [0.3, 0.4) is 0 Å². The van der Waals surface area contributed by atoms with Gasteiger partial charge in [-0.15, -0.1) is 0 Å². The molecule has 2 aromatic rings. The number of benzene rings is 2. The van der Waals surface area contributed by atoms with Crippen LogP contribution in [0.25, 0.3) is 0 Å². The molecule has 0 aliphatic heterocycles. The second kappa shape index (κ2) is 9.73. The Bertz CT molecular complexity index is 772. The minimum absolute atomic E-state index is 0.369. The molecular formula is C21H25NO5. The lowest BCUT2D eigenvalue weighted by molar-refractivity contribution is -0.141. The first-order chi connectivity index (χ1) is 12.9. The monoisotopic (exact) mass is 371 g/mol. The van der Waals surface area contributed by atoms with Crippen LogP contribution in [0.5, 0.6) is 5.75 Å². The average molecular weight is 371 g/mol. The molecule has 27 heavy (non-hydrogen) atoms. The van der Waals surface area contributed by atoms with Crippen molar-refractivity contribution in [2.75, 3.05) is 20.7 Å². The summed E-state index contributed by atoms with van der Waals surface area (Å²) in [6, 6.07) is 14.8. The lowest BCUT2D eigenvalue weighted by atomic mass is 10.1. The van der Waals surface area contributed by atoms with Gasteiger partial charge < -0.3 is 19.5 Å². The molecule has 0 fully saturated rings. The van der Waals surface area contributed by atoms with Crippen molar-refractivity contribution in [2.24, 2.45) is 5.92 Å². The van der Waals surface area contributed by atoms with Gasteiger partial charge in [0.25, 0.3) is 0 Å². The number of aliphatic carboxylic acids is 1. The van der Waals surface area contributed by atoms with Crippen molar-refractivity contribution in [3.8, 4) is 5.75 Å². The highest BCUT2D eigenvalue weighted by Gasteiger charge is 2.15. The highest BCUT2D eigenvalue weighted by molar-refractivity contribution is 5.89. The van der Waals surface area contributed by atoms with Crippen LogP contribution < -0.4 is 4.74 Å². The zero-order chi connectivity index (χ0) is 19.8. The Morgan fingerprint density at radius 1 is 1.11 bits per heavy atom. The predicted octanol–water partition coefficient (Wildman–Crippen LogP) is 3.20. The largest absolute Gasteiger partial charge is 0.489 e. The molecule has 0 saturated heterocycles. The fraction of sp³-hybridized carbons (Fsp3) is 0.333. The number of para-hydroxylation sites is 1. The van der Waals surface area contributed by atoms with Gasteiger partial charge in [-0.2, -0.15) is 0 Å². The Balaban J connectivity index is 1.99. The summed E-state index contributed by atoms with van der Waals surface area (Å²) in [4.78, 5) is 24.5. The van der Waals surface area contributed by atoms with Gasteiger partial charge in [0, 0.05) is 18.7 Å². The van der Waals surface area contributed by atoms with Crippen molar-refractivity contribution < 1.29 is 24.2 Å². The van der Waals surface area contributed by atoms with Gasteiger partial charge in [-0.3, -0.25) is 4.79 Å². The van der Waals surface area contributed by atoms with Crippen molar-refractivity contribution in [3.05, 3.63) is 65.2 Å². The molecule has 2 aromatic carbocycles. The lowest BCUT2D eigenvalue weighted by Crippen LogP contribution is -2.28. The molecule has 0 spiro atoms. The summed E-state index contributed by atoms with van der Waals surface area (Å²) >= 11 is 0. The normalized spacial score (nSPS) is 11.9. The van der Waals surface area contributed by atoms with E-state index in [0.717, 1.165) is 16.9 Å². The standard InChI is InChI=1S/C21H25NO5/c1-15(20(23)24)12-22(2)13-18-6-4-5-7-19(18)27-14-16-8-10-17(11-9-16)21(25)26-3/h4-11,15H,12-14H2,1-3H3,(H,23,24). The number of carbonyl (C=O) groups is 2. The summed E-state index contributed by atoms with van der Waals surface area (Å²) in [7, 11) is 3.24. The smallest absolute Gasteiger partial charge is 0.337 e.